The Balaban J connectivity index is 2.13. The highest BCUT2D eigenvalue weighted by molar-refractivity contribution is 6.30. The van der Waals surface area contributed by atoms with Gasteiger partial charge >= 0.3 is 0 Å². The van der Waals surface area contributed by atoms with Crippen LogP contribution in [-0.2, 0) is 6.42 Å². The van der Waals surface area contributed by atoms with Crippen LogP contribution in [0.5, 0.6) is 0 Å². The third kappa shape index (κ3) is 6.64. The van der Waals surface area contributed by atoms with E-state index in [0.717, 1.165) is 18.0 Å². The molecule has 0 fully saturated rings. The molecule has 0 aliphatic rings. The predicted octanol–water partition coefficient (Wildman–Crippen LogP) is 1.39. The molecule has 0 aromatic heterocycles. The van der Waals surface area contributed by atoms with Gasteiger partial charge in [-0.1, -0.05) is 23.7 Å². The second kappa shape index (κ2) is 7.67. The molecule has 1 aromatic rings. The van der Waals surface area contributed by atoms with Crippen LogP contribution in [0.1, 0.15) is 5.56 Å². The van der Waals surface area contributed by atoms with Gasteiger partial charge in [-0.3, -0.25) is 0 Å². The van der Waals surface area contributed by atoms with Gasteiger partial charge in [0.15, 0.2) is 0 Å². The minimum absolute atomic E-state index is 0.310. The van der Waals surface area contributed by atoms with Crippen molar-refractivity contribution in [2.24, 2.45) is 0 Å². The number of likely N-dealkylation sites (N-methyl/N-ethyl adjacent to an activating group) is 1. The molecule has 3 nitrogen and oxygen atoms in total. The van der Waals surface area contributed by atoms with Gasteiger partial charge < -0.3 is 15.3 Å². The molecule has 2 N–H and O–H groups in total. The van der Waals surface area contributed by atoms with Crippen LogP contribution < -0.4 is 5.32 Å². The first-order chi connectivity index (χ1) is 8.08. The molecule has 17 heavy (non-hydrogen) atoms. The zero-order valence-corrected chi connectivity index (χ0v) is 11.2. The average Bonchev–Trinajstić information content (AvgIpc) is 2.26. The van der Waals surface area contributed by atoms with Crippen molar-refractivity contribution >= 4 is 11.6 Å². The summed E-state index contributed by atoms with van der Waals surface area (Å²) >= 11 is 5.81. The summed E-state index contributed by atoms with van der Waals surface area (Å²) in [5.74, 6) is 0. The van der Waals surface area contributed by atoms with E-state index in [4.69, 9.17) is 11.6 Å². The highest BCUT2D eigenvalue weighted by Crippen LogP contribution is 2.09. The Hall–Kier alpha value is -0.610. The highest BCUT2D eigenvalue weighted by atomic mass is 35.5. The van der Waals surface area contributed by atoms with E-state index in [1.54, 1.807) is 0 Å². The lowest BCUT2D eigenvalue weighted by Crippen LogP contribution is -2.35. The molecule has 1 aromatic carbocycles. The first-order valence-electron chi connectivity index (χ1n) is 5.86. The number of rotatable bonds is 7. The van der Waals surface area contributed by atoms with Gasteiger partial charge in [-0.15, -0.1) is 0 Å². The summed E-state index contributed by atoms with van der Waals surface area (Å²) in [4.78, 5) is 1.98. The monoisotopic (exact) mass is 256 g/mol. The third-order valence-corrected chi connectivity index (χ3v) is 2.71. The number of hydrogen-bond donors (Lipinski definition) is 2. The molecule has 4 heteroatoms. The smallest absolute Gasteiger partial charge is 0.0791 e. The predicted molar refractivity (Wildman–Crippen MR) is 72.6 cm³/mol. The fraction of sp³-hybridized carbons (Fsp3) is 0.538. The minimum Gasteiger partial charge on any atom is -0.390 e. The summed E-state index contributed by atoms with van der Waals surface area (Å²) in [6.07, 6.45) is 0.640. The van der Waals surface area contributed by atoms with Crippen LogP contribution in [0, 0.1) is 0 Å². The van der Waals surface area contributed by atoms with E-state index >= 15 is 0 Å². The lowest BCUT2D eigenvalue weighted by molar-refractivity contribution is 0.135. The number of nitrogens with one attached hydrogen (secondary N) is 1. The van der Waals surface area contributed by atoms with E-state index < -0.39 is 0 Å². The Morgan fingerprint density at radius 3 is 2.53 bits per heavy atom. The van der Waals surface area contributed by atoms with E-state index in [1.165, 1.54) is 5.56 Å². The minimum atomic E-state index is -0.310. The Morgan fingerprint density at radius 2 is 1.94 bits per heavy atom. The van der Waals surface area contributed by atoms with Crippen LogP contribution >= 0.6 is 11.6 Å². The molecule has 1 rings (SSSR count). The molecule has 0 bridgehead atoms. The molecule has 0 radical (unpaired) electrons. The number of nitrogens with zero attached hydrogens (tertiary/aromatic N) is 1. The number of aliphatic hydroxyl groups excluding tert-OH is 1. The first kappa shape index (κ1) is 14.5. The number of halogens is 1. The summed E-state index contributed by atoms with van der Waals surface area (Å²) in [5.41, 5.74) is 1.25. The Labute approximate surface area is 108 Å². The molecule has 0 amide bonds. The number of hydrogen-bond acceptors (Lipinski definition) is 3. The molecular weight excluding hydrogens is 236 g/mol. The lowest BCUT2D eigenvalue weighted by Gasteiger charge is -2.16. The van der Waals surface area contributed by atoms with Crippen LogP contribution in [0.4, 0.5) is 0 Å². The molecular formula is C13H21ClN2O. The van der Waals surface area contributed by atoms with Crippen molar-refractivity contribution in [3.8, 4) is 0 Å². The summed E-state index contributed by atoms with van der Waals surface area (Å²) in [6.45, 7) is 2.19. The first-order valence-corrected chi connectivity index (χ1v) is 6.23. The van der Waals surface area contributed by atoms with Gasteiger partial charge in [0.1, 0.15) is 0 Å². The summed E-state index contributed by atoms with van der Waals surface area (Å²) in [7, 11) is 3.91. The van der Waals surface area contributed by atoms with Gasteiger partial charge in [0.2, 0.25) is 0 Å². The highest BCUT2D eigenvalue weighted by Gasteiger charge is 2.04. The van der Waals surface area contributed by atoms with Crippen molar-refractivity contribution in [3.05, 3.63) is 34.9 Å². The second-order valence-corrected chi connectivity index (χ2v) is 4.93. The van der Waals surface area contributed by atoms with Gasteiger partial charge in [-0.05, 0) is 44.8 Å². The van der Waals surface area contributed by atoms with E-state index in [9.17, 15) is 5.11 Å². The van der Waals surface area contributed by atoms with Crippen LogP contribution in [0.2, 0.25) is 5.02 Å². The van der Waals surface area contributed by atoms with Crippen LogP contribution in [0.25, 0.3) is 0 Å². The quantitative estimate of drug-likeness (QED) is 0.724. The van der Waals surface area contributed by atoms with Crippen LogP contribution in [0.3, 0.4) is 0 Å². The number of benzene rings is 1. The van der Waals surface area contributed by atoms with Crippen LogP contribution in [-0.4, -0.2) is 49.8 Å². The molecule has 0 saturated carbocycles. The van der Waals surface area contributed by atoms with E-state index in [2.05, 4.69) is 5.32 Å². The standard InChI is InChI=1S/C13H21ClN2O/c1-16(2)10-13(17)9-15-8-7-11-3-5-12(14)6-4-11/h3-6,13,15,17H,7-10H2,1-2H3. The largest absolute Gasteiger partial charge is 0.390 e. The molecule has 1 atom stereocenters. The van der Waals surface area contributed by atoms with E-state index in [1.807, 2.05) is 43.3 Å². The van der Waals surface area contributed by atoms with Crippen molar-refractivity contribution in [3.63, 3.8) is 0 Å². The van der Waals surface area contributed by atoms with Crippen molar-refractivity contribution < 1.29 is 5.11 Å². The molecule has 0 aliphatic heterocycles. The number of aliphatic hydroxyl groups is 1. The fourth-order valence-electron chi connectivity index (χ4n) is 1.64. The topological polar surface area (TPSA) is 35.5 Å². The van der Waals surface area contributed by atoms with Crippen molar-refractivity contribution in [2.75, 3.05) is 33.7 Å². The fourth-order valence-corrected chi connectivity index (χ4v) is 1.76. The maximum Gasteiger partial charge on any atom is 0.0791 e. The van der Waals surface area contributed by atoms with Gasteiger partial charge in [0.05, 0.1) is 6.10 Å². The van der Waals surface area contributed by atoms with E-state index in [0.29, 0.717) is 13.1 Å². The van der Waals surface area contributed by atoms with Crippen LogP contribution in [0.15, 0.2) is 24.3 Å². The van der Waals surface area contributed by atoms with Gasteiger partial charge in [0.25, 0.3) is 0 Å². The normalized spacial score (nSPS) is 13.0. The van der Waals surface area contributed by atoms with Crippen molar-refractivity contribution in [2.45, 2.75) is 12.5 Å². The average molecular weight is 257 g/mol. The Kier molecular flexibility index (Phi) is 6.52. The van der Waals surface area contributed by atoms with Crippen molar-refractivity contribution in [1.29, 1.82) is 0 Å². The van der Waals surface area contributed by atoms with Gasteiger partial charge in [-0.2, -0.15) is 0 Å². The van der Waals surface area contributed by atoms with E-state index in [-0.39, 0.29) is 6.10 Å². The zero-order chi connectivity index (χ0) is 12.7. The second-order valence-electron chi connectivity index (χ2n) is 4.50. The zero-order valence-electron chi connectivity index (χ0n) is 10.5. The van der Waals surface area contributed by atoms with Crippen molar-refractivity contribution in [1.82, 2.24) is 10.2 Å². The van der Waals surface area contributed by atoms with Gasteiger partial charge in [-0.25, -0.2) is 0 Å². The molecule has 0 aliphatic carbocycles. The summed E-state index contributed by atoms with van der Waals surface area (Å²) in [5, 5.41) is 13.6. The lowest BCUT2D eigenvalue weighted by atomic mass is 10.1. The molecule has 96 valence electrons. The Bertz CT molecular complexity index is 314. The molecule has 0 saturated heterocycles. The molecule has 0 heterocycles. The van der Waals surface area contributed by atoms with Gasteiger partial charge in [0, 0.05) is 18.1 Å². The third-order valence-electron chi connectivity index (χ3n) is 2.46. The molecule has 0 spiro atoms. The summed E-state index contributed by atoms with van der Waals surface area (Å²) in [6, 6.07) is 7.86. The maximum atomic E-state index is 9.63. The maximum absolute atomic E-state index is 9.63. The summed E-state index contributed by atoms with van der Waals surface area (Å²) < 4.78 is 0. The Morgan fingerprint density at radius 1 is 1.29 bits per heavy atom. The SMILES string of the molecule is CN(C)CC(O)CNCCc1ccc(Cl)cc1. The molecule has 1 unspecified atom stereocenters.